The van der Waals surface area contributed by atoms with E-state index in [1.807, 2.05) is 0 Å². The molecule has 1 heterocycles. The van der Waals surface area contributed by atoms with Crippen LogP contribution in [0.2, 0.25) is 0 Å². The Labute approximate surface area is 69.6 Å². The fourth-order valence-electron chi connectivity index (χ4n) is 3.07. The Bertz CT molecular complexity index is 144. The third-order valence-corrected chi connectivity index (χ3v) is 3.56. The van der Waals surface area contributed by atoms with E-state index in [2.05, 4.69) is 19.2 Å². The summed E-state index contributed by atoms with van der Waals surface area (Å²) in [6.07, 6.45) is 4.32. The summed E-state index contributed by atoms with van der Waals surface area (Å²) in [5.41, 5.74) is 0. The van der Waals surface area contributed by atoms with E-state index >= 15 is 0 Å². The molecule has 1 aliphatic heterocycles. The van der Waals surface area contributed by atoms with E-state index in [1.54, 1.807) is 0 Å². The van der Waals surface area contributed by atoms with Gasteiger partial charge in [-0.2, -0.15) is 0 Å². The monoisotopic (exact) mass is 153 g/mol. The molecule has 2 fully saturated rings. The van der Waals surface area contributed by atoms with Crippen LogP contribution in [0, 0.1) is 17.8 Å². The quantitative estimate of drug-likeness (QED) is 0.561. The van der Waals surface area contributed by atoms with Gasteiger partial charge in [0, 0.05) is 6.04 Å². The van der Waals surface area contributed by atoms with Crippen LogP contribution in [-0.2, 0) is 0 Å². The minimum atomic E-state index is 0.869. The lowest BCUT2D eigenvalue weighted by molar-refractivity contribution is 0.186. The third kappa shape index (κ3) is 1.31. The predicted molar refractivity (Wildman–Crippen MR) is 47.5 cm³/mol. The molecule has 1 saturated heterocycles. The van der Waals surface area contributed by atoms with Gasteiger partial charge in [-0.3, -0.25) is 0 Å². The second kappa shape index (κ2) is 2.78. The molecule has 1 nitrogen and oxygen atoms in total. The number of nitrogens with one attached hydrogen (secondary N) is 1. The van der Waals surface area contributed by atoms with Crippen LogP contribution < -0.4 is 5.32 Å². The zero-order chi connectivity index (χ0) is 7.84. The maximum Gasteiger partial charge on any atom is 0.0101 e. The first-order valence-electron chi connectivity index (χ1n) is 5.00. The molecular weight excluding hydrogens is 134 g/mol. The van der Waals surface area contributed by atoms with Gasteiger partial charge in [-0.1, -0.05) is 13.8 Å². The van der Waals surface area contributed by atoms with Crippen molar-refractivity contribution in [3.8, 4) is 0 Å². The fraction of sp³-hybridized carbons (Fsp3) is 1.00. The summed E-state index contributed by atoms with van der Waals surface area (Å²) in [6, 6.07) is 0.869. The first-order valence-corrected chi connectivity index (χ1v) is 5.00. The van der Waals surface area contributed by atoms with Gasteiger partial charge in [0.2, 0.25) is 0 Å². The van der Waals surface area contributed by atoms with Gasteiger partial charge in [-0.25, -0.2) is 0 Å². The predicted octanol–water partition coefficient (Wildman–Crippen LogP) is 2.03. The molecule has 1 N–H and O–H groups in total. The molecule has 1 aliphatic carbocycles. The average Bonchev–Trinajstić information content (AvgIpc) is 2.34. The van der Waals surface area contributed by atoms with E-state index in [4.69, 9.17) is 0 Å². The van der Waals surface area contributed by atoms with E-state index in [9.17, 15) is 0 Å². The van der Waals surface area contributed by atoms with Crippen molar-refractivity contribution in [2.75, 3.05) is 6.54 Å². The molecular formula is C10H19N. The van der Waals surface area contributed by atoms with Gasteiger partial charge in [-0.15, -0.1) is 0 Å². The number of hydrogen-bond donors (Lipinski definition) is 1. The zero-order valence-corrected chi connectivity index (χ0v) is 7.64. The molecule has 1 saturated carbocycles. The minimum Gasteiger partial charge on any atom is -0.314 e. The molecule has 0 aromatic rings. The Hall–Kier alpha value is -0.0400. The van der Waals surface area contributed by atoms with Crippen molar-refractivity contribution < 1.29 is 0 Å². The Morgan fingerprint density at radius 1 is 1.18 bits per heavy atom. The van der Waals surface area contributed by atoms with Gasteiger partial charge in [0.15, 0.2) is 0 Å². The number of rotatable bonds is 0. The molecule has 0 radical (unpaired) electrons. The smallest absolute Gasteiger partial charge is 0.0101 e. The standard InChI is InChI=1S/C10H19N/c1-7-5-8(2)9-3-4-11-10(9)6-7/h7-11H,3-6H2,1-2H3. The summed E-state index contributed by atoms with van der Waals surface area (Å²) in [5, 5.41) is 3.62. The van der Waals surface area contributed by atoms with Crippen LogP contribution in [0.3, 0.4) is 0 Å². The van der Waals surface area contributed by atoms with Crippen molar-refractivity contribution in [2.45, 2.75) is 39.2 Å². The largest absolute Gasteiger partial charge is 0.314 e. The summed E-state index contributed by atoms with van der Waals surface area (Å²) >= 11 is 0. The van der Waals surface area contributed by atoms with Crippen molar-refractivity contribution in [3.05, 3.63) is 0 Å². The van der Waals surface area contributed by atoms with Crippen molar-refractivity contribution in [1.82, 2.24) is 5.32 Å². The third-order valence-electron chi connectivity index (χ3n) is 3.56. The highest BCUT2D eigenvalue weighted by molar-refractivity contribution is 4.91. The summed E-state index contributed by atoms with van der Waals surface area (Å²) in [7, 11) is 0. The van der Waals surface area contributed by atoms with E-state index in [0.717, 1.165) is 23.8 Å². The maximum atomic E-state index is 3.62. The zero-order valence-electron chi connectivity index (χ0n) is 7.64. The second-order valence-electron chi connectivity index (χ2n) is 4.57. The molecule has 2 rings (SSSR count). The van der Waals surface area contributed by atoms with E-state index in [1.165, 1.54) is 25.8 Å². The lowest BCUT2D eigenvalue weighted by atomic mass is 9.73. The van der Waals surface area contributed by atoms with Crippen molar-refractivity contribution >= 4 is 0 Å². The second-order valence-corrected chi connectivity index (χ2v) is 4.57. The topological polar surface area (TPSA) is 12.0 Å². The van der Waals surface area contributed by atoms with Crippen LogP contribution in [0.4, 0.5) is 0 Å². The van der Waals surface area contributed by atoms with Gasteiger partial charge in [0.1, 0.15) is 0 Å². The highest BCUT2D eigenvalue weighted by Crippen LogP contribution is 2.37. The summed E-state index contributed by atoms with van der Waals surface area (Å²) in [5.74, 6) is 2.93. The molecule has 4 atom stereocenters. The highest BCUT2D eigenvalue weighted by atomic mass is 15.0. The Balaban J connectivity index is 2.04. The van der Waals surface area contributed by atoms with E-state index in [0.29, 0.717) is 0 Å². The molecule has 0 bridgehead atoms. The summed E-state index contributed by atoms with van der Waals surface area (Å²) in [4.78, 5) is 0. The van der Waals surface area contributed by atoms with Crippen molar-refractivity contribution in [1.29, 1.82) is 0 Å². The molecule has 0 aromatic heterocycles. The van der Waals surface area contributed by atoms with Crippen LogP contribution in [0.5, 0.6) is 0 Å². The Kier molecular flexibility index (Phi) is 1.92. The Morgan fingerprint density at radius 3 is 2.82 bits per heavy atom. The SMILES string of the molecule is CC1CC(C)C2CCNC2C1. The van der Waals surface area contributed by atoms with Crippen molar-refractivity contribution in [2.24, 2.45) is 17.8 Å². The molecule has 0 aromatic carbocycles. The highest BCUT2D eigenvalue weighted by Gasteiger charge is 2.36. The molecule has 0 amide bonds. The van der Waals surface area contributed by atoms with Crippen LogP contribution in [-0.4, -0.2) is 12.6 Å². The lowest BCUT2D eigenvalue weighted by Gasteiger charge is -2.35. The van der Waals surface area contributed by atoms with Crippen LogP contribution in [0.15, 0.2) is 0 Å². The number of hydrogen-bond acceptors (Lipinski definition) is 1. The van der Waals surface area contributed by atoms with Crippen molar-refractivity contribution in [3.63, 3.8) is 0 Å². The Morgan fingerprint density at radius 2 is 2.00 bits per heavy atom. The molecule has 4 unspecified atom stereocenters. The van der Waals surface area contributed by atoms with Crippen LogP contribution in [0.25, 0.3) is 0 Å². The molecule has 2 aliphatic rings. The van der Waals surface area contributed by atoms with Crippen LogP contribution in [0.1, 0.15) is 33.1 Å². The summed E-state index contributed by atoms with van der Waals surface area (Å²) < 4.78 is 0. The van der Waals surface area contributed by atoms with Gasteiger partial charge in [0.05, 0.1) is 0 Å². The summed E-state index contributed by atoms with van der Waals surface area (Å²) in [6.45, 7) is 6.10. The van der Waals surface area contributed by atoms with E-state index in [-0.39, 0.29) is 0 Å². The minimum absolute atomic E-state index is 0.869. The van der Waals surface area contributed by atoms with Crippen LogP contribution >= 0.6 is 0 Å². The van der Waals surface area contributed by atoms with Gasteiger partial charge < -0.3 is 5.32 Å². The average molecular weight is 153 g/mol. The first kappa shape index (κ1) is 7.60. The van der Waals surface area contributed by atoms with Gasteiger partial charge >= 0.3 is 0 Å². The molecule has 64 valence electrons. The maximum absolute atomic E-state index is 3.62. The molecule has 11 heavy (non-hydrogen) atoms. The number of fused-ring (bicyclic) bond motifs is 1. The molecule has 1 heteroatoms. The van der Waals surface area contributed by atoms with Gasteiger partial charge in [-0.05, 0) is 43.6 Å². The molecule has 0 spiro atoms. The lowest BCUT2D eigenvalue weighted by Crippen LogP contribution is -2.36. The van der Waals surface area contributed by atoms with E-state index < -0.39 is 0 Å². The van der Waals surface area contributed by atoms with Gasteiger partial charge in [0.25, 0.3) is 0 Å². The fourth-order valence-corrected chi connectivity index (χ4v) is 3.07. The normalized spacial score (nSPS) is 50.7. The first-order chi connectivity index (χ1) is 5.27.